The summed E-state index contributed by atoms with van der Waals surface area (Å²) in [5, 5.41) is 0. The monoisotopic (exact) mass is 327 g/mol. The van der Waals surface area contributed by atoms with Crippen molar-refractivity contribution in [1.82, 2.24) is 4.90 Å². The molecule has 126 valence electrons. The molecule has 5 nitrogen and oxygen atoms in total. The maximum atomic E-state index is 12.9. The number of ether oxygens (including phenoxy) is 1. The smallest absolute Gasteiger partial charge is 0.339 e. The van der Waals surface area contributed by atoms with Crippen LogP contribution >= 0.6 is 0 Å². The average molecular weight is 327 g/mol. The minimum Gasteiger partial charge on any atom is -0.464 e. The minimum absolute atomic E-state index is 0.0289. The van der Waals surface area contributed by atoms with Crippen LogP contribution in [-0.4, -0.2) is 28.9 Å². The van der Waals surface area contributed by atoms with Gasteiger partial charge < -0.3 is 14.1 Å². The molecule has 2 aromatic rings. The predicted octanol–water partition coefficient (Wildman–Crippen LogP) is 3.11. The van der Waals surface area contributed by atoms with Crippen molar-refractivity contribution < 1.29 is 18.7 Å². The number of fused-ring (bicyclic) bond motifs is 1. The molecule has 1 atom stereocenters. The van der Waals surface area contributed by atoms with Crippen molar-refractivity contribution in [3.63, 3.8) is 0 Å². The molecule has 0 unspecified atom stereocenters. The van der Waals surface area contributed by atoms with Crippen LogP contribution in [-0.2, 0) is 22.5 Å². The Morgan fingerprint density at radius 2 is 2.00 bits per heavy atom. The summed E-state index contributed by atoms with van der Waals surface area (Å²) in [7, 11) is 0. The average Bonchev–Trinajstić information content (AvgIpc) is 2.97. The standard InChI is InChI=1S/C19H21NO4/c1-12(2)20(11-15-9-8-13(3)23-15)18(21)17-10-14-6-4-5-7-16(14)19(22)24-17/h4-9,12,17H,10-11H2,1-3H3/t17-/m1/s1. The lowest BCUT2D eigenvalue weighted by Gasteiger charge is -2.31. The number of nitrogens with zero attached hydrogens (tertiary/aromatic N) is 1. The highest BCUT2D eigenvalue weighted by Gasteiger charge is 2.34. The number of furan rings is 1. The fourth-order valence-electron chi connectivity index (χ4n) is 2.91. The van der Waals surface area contributed by atoms with Gasteiger partial charge >= 0.3 is 5.97 Å². The van der Waals surface area contributed by atoms with Crippen LogP contribution in [0.4, 0.5) is 0 Å². The third-order valence-electron chi connectivity index (χ3n) is 4.20. The molecule has 0 radical (unpaired) electrons. The first-order valence-electron chi connectivity index (χ1n) is 8.10. The van der Waals surface area contributed by atoms with Gasteiger partial charge in [0.15, 0.2) is 6.10 Å². The molecule has 2 heterocycles. The molecule has 1 aliphatic heterocycles. The van der Waals surface area contributed by atoms with E-state index in [-0.39, 0.29) is 11.9 Å². The van der Waals surface area contributed by atoms with Crippen molar-refractivity contribution in [3.8, 4) is 0 Å². The molecule has 0 N–H and O–H groups in total. The van der Waals surface area contributed by atoms with E-state index in [1.165, 1.54) is 0 Å². The second-order valence-electron chi connectivity index (χ2n) is 6.33. The van der Waals surface area contributed by atoms with Crippen LogP contribution in [0, 0.1) is 6.92 Å². The van der Waals surface area contributed by atoms with E-state index in [4.69, 9.17) is 9.15 Å². The van der Waals surface area contributed by atoms with Crippen molar-refractivity contribution >= 4 is 11.9 Å². The number of carbonyl (C=O) groups is 2. The van der Waals surface area contributed by atoms with Crippen LogP contribution in [0.3, 0.4) is 0 Å². The van der Waals surface area contributed by atoms with E-state index in [2.05, 4.69) is 0 Å². The summed E-state index contributed by atoms with van der Waals surface area (Å²) in [6.07, 6.45) is -0.382. The molecule has 0 saturated heterocycles. The van der Waals surface area contributed by atoms with E-state index in [1.54, 1.807) is 17.0 Å². The summed E-state index contributed by atoms with van der Waals surface area (Å²) in [5.41, 5.74) is 1.39. The van der Waals surface area contributed by atoms with Crippen molar-refractivity contribution in [2.24, 2.45) is 0 Å². The molecule has 0 aliphatic carbocycles. The number of rotatable bonds is 4. The van der Waals surface area contributed by atoms with Gasteiger partial charge in [0.2, 0.25) is 0 Å². The molecule has 1 aromatic carbocycles. The fourth-order valence-corrected chi connectivity index (χ4v) is 2.91. The molecule has 24 heavy (non-hydrogen) atoms. The Labute approximate surface area is 141 Å². The number of hydrogen-bond acceptors (Lipinski definition) is 4. The number of hydrogen-bond donors (Lipinski definition) is 0. The van der Waals surface area contributed by atoms with Crippen LogP contribution in [0.5, 0.6) is 0 Å². The quantitative estimate of drug-likeness (QED) is 0.810. The predicted molar refractivity (Wildman–Crippen MR) is 88.5 cm³/mol. The highest BCUT2D eigenvalue weighted by Crippen LogP contribution is 2.23. The number of benzene rings is 1. The molecular weight excluding hydrogens is 306 g/mol. The maximum absolute atomic E-state index is 12.9. The number of cyclic esters (lactones) is 1. The maximum Gasteiger partial charge on any atom is 0.339 e. The van der Waals surface area contributed by atoms with E-state index in [9.17, 15) is 9.59 Å². The van der Waals surface area contributed by atoms with Gasteiger partial charge in [-0.3, -0.25) is 4.79 Å². The molecule has 1 aromatic heterocycles. The van der Waals surface area contributed by atoms with Crippen molar-refractivity contribution in [1.29, 1.82) is 0 Å². The van der Waals surface area contributed by atoms with Crippen molar-refractivity contribution in [3.05, 3.63) is 59.0 Å². The fraction of sp³-hybridized carbons (Fsp3) is 0.368. The van der Waals surface area contributed by atoms with Crippen molar-refractivity contribution in [2.45, 2.75) is 45.9 Å². The molecule has 5 heteroatoms. The van der Waals surface area contributed by atoms with E-state index < -0.39 is 12.1 Å². The molecule has 0 spiro atoms. The number of esters is 1. The molecule has 0 bridgehead atoms. The Bertz CT molecular complexity index is 762. The van der Waals surface area contributed by atoms with Gasteiger partial charge in [0.25, 0.3) is 5.91 Å². The lowest BCUT2D eigenvalue weighted by Crippen LogP contribution is -2.46. The van der Waals surface area contributed by atoms with Crippen LogP contribution < -0.4 is 0 Å². The molecular formula is C19H21NO4. The first-order valence-corrected chi connectivity index (χ1v) is 8.10. The Kier molecular flexibility index (Phi) is 4.42. The van der Waals surface area contributed by atoms with E-state index >= 15 is 0 Å². The zero-order valence-corrected chi connectivity index (χ0v) is 14.1. The Hall–Kier alpha value is -2.56. The van der Waals surface area contributed by atoms with E-state index in [0.29, 0.717) is 18.5 Å². The summed E-state index contributed by atoms with van der Waals surface area (Å²) < 4.78 is 11.0. The van der Waals surface area contributed by atoms with E-state index in [1.807, 2.05) is 45.0 Å². The lowest BCUT2D eigenvalue weighted by molar-refractivity contribution is -0.143. The number of aryl methyl sites for hydroxylation is 1. The van der Waals surface area contributed by atoms with Crippen LogP contribution in [0.15, 0.2) is 40.8 Å². The van der Waals surface area contributed by atoms with E-state index in [0.717, 1.165) is 17.1 Å². The zero-order valence-electron chi connectivity index (χ0n) is 14.1. The third kappa shape index (κ3) is 3.20. The number of carbonyl (C=O) groups excluding carboxylic acids is 2. The largest absolute Gasteiger partial charge is 0.464 e. The van der Waals surface area contributed by atoms with Crippen LogP contribution in [0.1, 0.15) is 41.3 Å². The van der Waals surface area contributed by atoms with Gasteiger partial charge in [-0.05, 0) is 44.5 Å². The highest BCUT2D eigenvalue weighted by atomic mass is 16.5. The summed E-state index contributed by atoms with van der Waals surface area (Å²) in [6.45, 7) is 6.10. The molecule has 1 aliphatic rings. The number of amides is 1. The minimum atomic E-state index is -0.786. The molecule has 3 rings (SSSR count). The van der Waals surface area contributed by atoms with Gasteiger partial charge in [0.1, 0.15) is 11.5 Å². The first kappa shape index (κ1) is 16.3. The molecule has 0 fully saturated rings. The zero-order chi connectivity index (χ0) is 17.3. The second kappa shape index (κ2) is 6.51. The summed E-state index contributed by atoms with van der Waals surface area (Å²) in [5.74, 6) is 0.894. The van der Waals surface area contributed by atoms with Crippen LogP contribution in [0.2, 0.25) is 0 Å². The van der Waals surface area contributed by atoms with Gasteiger partial charge in [-0.2, -0.15) is 0 Å². The van der Waals surface area contributed by atoms with Gasteiger partial charge in [-0.15, -0.1) is 0 Å². The summed E-state index contributed by atoms with van der Waals surface area (Å²) in [6, 6.07) is 11.0. The molecule has 1 amide bonds. The molecule has 0 saturated carbocycles. The summed E-state index contributed by atoms with van der Waals surface area (Å²) in [4.78, 5) is 26.7. The van der Waals surface area contributed by atoms with Gasteiger partial charge in [0.05, 0.1) is 12.1 Å². The van der Waals surface area contributed by atoms with Gasteiger partial charge in [-0.1, -0.05) is 18.2 Å². The van der Waals surface area contributed by atoms with Crippen molar-refractivity contribution in [2.75, 3.05) is 0 Å². The third-order valence-corrected chi connectivity index (χ3v) is 4.20. The Balaban J connectivity index is 1.80. The topological polar surface area (TPSA) is 59.8 Å². The SMILES string of the molecule is Cc1ccc(CN(C(=O)[C@H]2Cc3ccccc3C(=O)O2)C(C)C)o1. The second-order valence-corrected chi connectivity index (χ2v) is 6.33. The van der Waals surface area contributed by atoms with Crippen LogP contribution in [0.25, 0.3) is 0 Å². The lowest BCUT2D eigenvalue weighted by atomic mass is 9.98. The first-order chi connectivity index (χ1) is 11.5. The normalized spacial score (nSPS) is 16.7. The van der Waals surface area contributed by atoms with Gasteiger partial charge in [0, 0.05) is 12.5 Å². The van der Waals surface area contributed by atoms with Gasteiger partial charge in [-0.25, -0.2) is 4.79 Å². The highest BCUT2D eigenvalue weighted by molar-refractivity contribution is 5.95. The Morgan fingerprint density at radius 1 is 1.25 bits per heavy atom. The summed E-state index contributed by atoms with van der Waals surface area (Å²) >= 11 is 0. The Morgan fingerprint density at radius 3 is 2.67 bits per heavy atom.